The molecule has 2 rings (SSSR count). The van der Waals surface area contributed by atoms with Crippen molar-refractivity contribution in [3.8, 4) is 6.07 Å². The molecule has 2 aromatic rings. The lowest BCUT2D eigenvalue weighted by molar-refractivity contribution is -0.123. The molecule has 0 aliphatic carbocycles. The van der Waals surface area contributed by atoms with E-state index in [1.165, 1.54) is 4.52 Å². The Morgan fingerprint density at radius 1 is 1.53 bits per heavy atom. The number of carbonyl (C=O) groups is 1. The molecule has 0 saturated carbocycles. The fraction of sp³-hybridized carbons (Fsp3) is 0.333. The van der Waals surface area contributed by atoms with Crippen LogP contribution < -0.4 is 5.32 Å². The molecule has 2 heterocycles. The lowest BCUT2D eigenvalue weighted by atomic mass is 9.96. The molecule has 0 spiro atoms. The van der Waals surface area contributed by atoms with Crippen molar-refractivity contribution in [3.05, 3.63) is 22.4 Å². The van der Waals surface area contributed by atoms with Crippen LogP contribution in [-0.2, 0) is 4.79 Å². The first kappa shape index (κ1) is 13.5. The summed E-state index contributed by atoms with van der Waals surface area (Å²) in [6.07, 6.45) is 3.25. The number of anilines is 1. The van der Waals surface area contributed by atoms with Crippen LogP contribution >= 0.6 is 15.9 Å². The number of rotatable bonds is 1. The normalized spacial score (nSPS) is 11.3. The van der Waals surface area contributed by atoms with Crippen molar-refractivity contribution in [3.63, 3.8) is 0 Å². The molecule has 7 heteroatoms. The van der Waals surface area contributed by atoms with Crippen LogP contribution in [0.1, 0.15) is 26.3 Å². The van der Waals surface area contributed by atoms with Crippen LogP contribution in [0.2, 0.25) is 0 Å². The van der Waals surface area contributed by atoms with E-state index in [1.54, 1.807) is 33.2 Å². The van der Waals surface area contributed by atoms with Crippen molar-refractivity contribution < 1.29 is 4.79 Å². The second kappa shape index (κ2) is 4.63. The Bertz CT molecular complexity index is 692. The Kier molecular flexibility index (Phi) is 3.28. The molecule has 6 nitrogen and oxygen atoms in total. The first-order chi connectivity index (χ1) is 8.82. The van der Waals surface area contributed by atoms with E-state index < -0.39 is 5.41 Å². The van der Waals surface area contributed by atoms with Gasteiger partial charge in [-0.2, -0.15) is 5.26 Å². The molecule has 2 aromatic heterocycles. The third-order valence-corrected chi connectivity index (χ3v) is 2.88. The lowest BCUT2D eigenvalue weighted by Crippen LogP contribution is -2.28. The molecule has 19 heavy (non-hydrogen) atoms. The SMILES string of the molecule is CC(C)(C)C(=O)Nc1nn2cc(Br)cnc2c1C#N. The fourth-order valence-electron chi connectivity index (χ4n) is 1.40. The van der Waals surface area contributed by atoms with E-state index in [4.69, 9.17) is 0 Å². The van der Waals surface area contributed by atoms with Gasteiger partial charge in [-0.25, -0.2) is 9.50 Å². The van der Waals surface area contributed by atoms with Gasteiger partial charge < -0.3 is 5.32 Å². The van der Waals surface area contributed by atoms with Crippen LogP contribution in [0.3, 0.4) is 0 Å². The summed E-state index contributed by atoms with van der Waals surface area (Å²) >= 11 is 3.28. The highest BCUT2D eigenvalue weighted by atomic mass is 79.9. The van der Waals surface area contributed by atoms with Crippen molar-refractivity contribution in [1.29, 1.82) is 5.26 Å². The maximum absolute atomic E-state index is 11.9. The third-order valence-electron chi connectivity index (χ3n) is 2.47. The minimum Gasteiger partial charge on any atom is -0.308 e. The number of hydrogen-bond donors (Lipinski definition) is 1. The van der Waals surface area contributed by atoms with E-state index >= 15 is 0 Å². The molecular weight excluding hydrogens is 310 g/mol. The molecule has 0 atom stereocenters. The fourth-order valence-corrected chi connectivity index (χ4v) is 1.69. The van der Waals surface area contributed by atoms with E-state index in [-0.39, 0.29) is 17.3 Å². The van der Waals surface area contributed by atoms with Gasteiger partial charge in [-0.1, -0.05) is 20.8 Å². The molecule has 1 N–H and O–H groups in total. The Labute approximate surface area is 118 Å². The predicted octanol–water partition coefficient (Wildman–Crippen LogP) is 2.35. The summed E-state index contributed by atoms with van der Waals surface area (Å²) in [6.45, 7) is 5.37. The molecule has 98 valence electrons. The van der Waals surface area contributed by atoms with Crippen LogP contribution in [0.25, 0.3) is 5.65 Å². The van der Waals surface area contributed by atoms with Crippen LogP contribution in [0.5, 0.6) is 0 Å². The van der Waals surface area contributed by atoms with E-state index in [2.05, 4.69) is 31.3 Å². The smallest absolute Gasteiger partial charge is 0.230 e. The van der Waals surface area contributed by atoms with E-state index in [0.717, 1.165) is 4.47 Å². The number of hydrogen-bond acceptors (Lipinski definition) is 4. The first-order valence-electron chi connectivity index (χ1n) is 5.58. The van der Waals surface area contributed by atoms with Gasteiger partial charge in [0.25, 0.3) is 0 Å². The highest BCUT2D eigenvalue weighted by Gasteiger charge is 2.24. The Morgan fingerprint density at radius 2 is 2.21 bits per heavy atom. The van der Waals surface area contributed by atoms with Crippen LogP contribution in [0.4, 0.5) is 5.82 Å². The van der Waals surface area contributed by atoms with Crippen molar-refractivity contribution in [2.24, 2.45) is 5.41 Å². The molecule has 0 aliphatic rings. The summed E-state index contributed by atoms with van der Waals surface area (Å²) in [5, 5.41) is 16.0. The molecule has 0 unspecified atom stereocenters. The van der Waals surface area contributed by atoms with Crippen molar-refractivity contribution in [1.82, 2.24) is 14.6 Å². The molecule has 0 saturated heterocycles. The van der Waals surface area contributed by atoms with Gasteiger partial charge in [0.15, 0.2) is 11.5 Å². The Balaban J connectivity index is 2.50. The van der Waals surface area contributed by atoms with E-state index in [1.807, 2.05) is 6.07 Å². The molecule has 0 bridgehead atoms. The maximum atomic E-state index is 11.9. The number of amides is 1. The van der Waals surface area contributed by atoms with Gasteiger partial charge in [0.05, 0.1) is 4.47 Å². The van der Waals surface area contributed by atoms with Crippen molar-refractivity contribution >= 4 is 33.3 Å². The molecule has 0 fully saturated rings. The minimum absolute atomic E-state index is 0.202. The molecule has 1 amide bonds. The zero-order valence-electron chi connectivity index (χ0n) is 10.7. The Morgan fingerprint density at radius 3 is 2.79 bits per heavy atom. The average Bonchev–Trinajstić information content (AvgIpc) is 2.63. The van der Waals surface area contributed by atoms with Gasteiger partial charge in [-0.05, 0) is 15.9 Å². The number of nitrogens with one attached hydrogen (secondary N) is 1. The van der Waals surface area contributed by atoms with Crippen molar-refractivity contribution in [2.75, 3.05) is 5.32 Å². The van der Waals surface area contributed by atoms with Gasteiger partial charge in [-0.3, -0.25) is 4.79 Å². The lowest BCUT2D eigenvalue weighted by Gasteiger charge is -2.16. The summed E-state index contributed by atoms with van der Waals surface area (Å²) in [4.78, 5) is 16.1. The summed E-state index contributed by atoms with van der Waals surface area (Å²) in [7, 11) is 0. The van der Waals surface area contributed by atoms with Gasteiger partial charge in [0.1, 0.15) is 11.6 Å². The summed E-state index contributed by atoms with van der Waals surface area (Å²) in [6, 6.07) is 2.02. The van der Waals surface area contributed by atoms with Crippen molar-refractivity contribution in [2.45, 2.75) is 20.8 Å². The van der Waals surface area contributed by atoms with Crippen LogP contribution in [0, 0.1) is 16.7 Å². The highest BCUT2D eigenvalue weighted by Crippen LogP contribution is 2.22. The quantitative estimate of drug-likeness (QED) is 0.873. The number of nitrogens with zero attached hydrogens (tertiary/aromatic N) is 4. The van der Waals surface area contributed by atoms with Gasteiger partial charge >= 0.3 is 0 Å². The second-order valence-corrected chi connectivity index (χ2v) is 6.00. The van der Waals surface area contributed by atoms with Gasteiger partial charge in [0.2, 0.25) is 5.91 Å². The number of fused-ring (bicyclic) bond motifs is 1. The van der Waals surface area contributed by atoms with Gasteiger partial charge in [-0.15, -0.1) is 5.10 Å². The first-order valence-corrected chi connectivity index (χ1v) is 6.37. The van der Waals surface area contributed by atoms with Gasteiger partial charge in [0, 0.05) is 17.8 Å². The molecule has 0 aliphatic heterocycles. The number of halogens is 1. The maximum Gasteiger partial charge on any atom is 0.230 e. The zero-order valence-corrected chi connectivity index (χ0v) is 12.3. The number of nitriles is 1. The summed E-state index contributed by atoms with van der Waals surface area (Å²) < 4.78 is 2.20. The monoisotopic (exact) mass is 321 g/mol. The summed E-state index contributed by atoms with van der Waals surface area (Å²) in [5.41, 5.74) is 0.108. The third kappa shape index (κ3) is 2.58. The summed E-state index contributed by atoms with van der Waals surface area (Å²) in [5.74, 6) is 0.0273. The largest absolute Gasteiger partial charge is 0.308 e. The molecular formula is C12H12BrN5O. The topological polar surface area (TPSA) is 83.1 Å². The second-order valence-electron chi connectivity index (χ2n) is 5.08. The molecule has 0 radical (unpaired) electrons. The average molecular weight is 322 g/mol. The van der Waals surface area contributed by atoms with E-state index in [0.29, 0.717) is 5.65 Å². The standard InChI is InChI=1S/C12H12BrN5O/c1-12(2,3)11(19)16-9-8(4-14)10-15-5-7(13)6-18(10)17-9/h5-6H,1-3H3,(H,16,17,19). The predicted molar refractivity (Wildman–Crippen MR) is 73.5 cm³/mol. The Hall–Kier alpha value is -1.94. The molecule has 0 aromatic carbocycles. The number of carbonyl (C=O) groups excluding carboxylic acids is 1. The number of aromatic nitrogens is 3. The zero-order chi connectivity index (χ0) is 14.2. The highest BCUT2D eigenvalue weighted by molar-refractivity contribution is 9.10. The minimum atomic E-state index is -0.559. The van der Waals surface area contributed by atoms with E-state index in [9.17, 15) is 10.1 Å². The van der Waals surface area contributed by atoms with Crippen LogP contribution in [-0.4, -0.2) is 20.5 Å². The van der Waals surface area contributed by atoms with Crippen LogP contribution in [0.15, 0.2) is 16.9 Å².